The van der Waals surface area contributed by atoms with Gasteiger partial charge in [0.05, 0.1) is 13.9 Å². The van der Waals surface area contributed by atoms with Crippen LogP contribution in [0.1, 0.15) is 18.0 Å². The van der Waals surface area contributed by atoms with Crippen LogP contribution in [0.5, 0.6) is 0 Å². The van der Waals surface area contributed by atoms with E-state index in [-0.39, 0.29) is 0 Å². The molecular weight excluding hydrogens is 164 g/mol. The quantitative estimate of drug-likeness (QED) is 0.714. The van der Waals surface area contributed by atoms with Crippen molar-refractivity contribution in [3.8, 4) is 5.69 Å². The van der Waals surface area contributed by atoms with E-state index in [1.807, 2.05) is 0 Å². The summed E-state index contributed by atoms with van der Waals surface area (Å²) >= 11 is 0. The van der Waals surface area contributed by atoms with Crippen molar-refractivity contribution in [1.82, 2.24) is 9.78 Å². The minimum atomic E-state index is -2.77. The number of hydrogen-bond donors (Lipinski definition) is 1. The average molecular weight is 183 g/mol. The van der Waals surface area contributed by atoms with Gasteiger partial charge in [0.2, 0.25) is 0 Å². The fourth-order valence-electron chi connectivity index (χ4n) is 0.866. The maximum atomic E-state index is 12.0. The van der Waals surface area contributed by atoms with Crippen molar-refractivity contribution in [2.24, 2.45) is 0 Å². The van der Waals surface area contributed by atoms with Gasteiger partial charge >= 0.3 is 0 Å². The van der Waals surface area contributed by atoms with Crippen LogP contribution >= 0.6 is 0 Å². The molecule has 2 rings (SSSR count). The van der Waals surface area contributed by atoms with Gasteiger partial charge in [-0.3, -0.25) is 9.89 Å². The van der Waals surface area contributed by atoms with E-state index in [4.69, 9.17) is 12.3 Å². The van der Waals surface area contributed by atoms with Gasteiger partial charge in [-0.1, -0.05) is 18.1 Å². The van der Waals surface area contributed by atoms with E-state index in [9.17, 15) is 4.79 Å². The first-order valence-electron chi connectivity index (χ1n) is 7.87. The van der Waals surface area contributed by atoms with Gasteiger partial charge in [-0.2, -0.15) is 0 Å². The first-order valence-corrected chi connectivity index (χ1v) is 3.37. The number of aryl methyl sites for hydroxylation is 1. The number of hydrogen-bond acceptors (Lipinski definition) is 1. The second-order valence-electron chi connectivity index (χ2n) is 2.23. The monoisotopic (exact) mass is 183 g/mol. The van der Waals surface area contributed by atoms with Crippen LogP contribution in [0.15, 0.2) is 41.0 Å². The number of nitrogens with zero attached hydrogens (tertiary/aromatic N) is 1. The highest BCUT2D eigenvalue weighted by Gasteiger charge is 1.99. The van der Waals surface area contributed by atoms with Crippen molar-refractivity contribution in [2.45, 2.75) is 6.85 Å². The normalized spacial score (nSPS) is 21.1. The lowest BCUT2D eigenvalue weighted by Crippen LogP contribution is -2.12. The van der Waals surface area contributed by atoms with Crippen LogP contribution in [0.2, 0.25) is 0 Å². The molecule has 1 aromatic carbocycles. The van der Waals surface area contributed by atoms with Crippen LogP contribution in [0.25, 0.3) is 5.69 Å². The molecule has 66 valence electrons. The Kier molecular flexibility index (Phi) is 0.589. The molecule has 0 saturated heterocycles. The summed E-state index contributed by atoms with van der Waals surface area (Å²) in [6.45, 7) is -2.77. The molecule has 1 aromatic heterocycles. The summed E-state index contributed by atoms with van der Waals surface area (Å²) in [6, 6.07) is -4.16. The van der Waals surface area contributed by atoms with E-state index >= 15 is 0 Å². The smallest absolute Gasteiger partial charge is 0.271 e. The van der Waals surface area contributed by atoms with E-state index in [1.165, 1.54) is 0 Å². The summed E-state index contributed by atoms with van der Waals surface area (Å²) in [5, 5.41) is 2.15. The van der Waals surface area contributed by atoms with E-state index in [1.54, 1.807) is 0 Å². The Balaban J connectivity index is 2.88. The predicted octanol–water partition coefficient (Wildman–Crippen LogP) is 1.47. The molecule has 0 unspecified atom stereocenters. The van der Waals surface area contributed by atoms with Gasteiger partial charge in [0.15, 0.2) is 0 Å². The zero-order valence-corrected chi connectivity index (χ0v) is 6.36. The van der Waals surface area contributed by atoms with Gasteiger partial charge in [0.1, 0.15) is 0 Å². The standard InChI is InChI=1S/C10H10N2O/c1-8-7-10(13)12(11-8)9-5-3-2-4-6-9/h2-7,11H,1H3/i1D3,2D,3D,4D,5D,6D,7D. The second kappa shape index (κ2) is 2.94. The summed E-state index contributed by atoms with van der Waals surface area (Å²) in [5.41, 5.74) is -2.30. The molecular formula is C10H10N2O. The van der Waals surface area contributed by atoms with Gasteiger partial charge in [0.25, 0.3) is 5.56 Å². The zero-order valence-electron chi connectivity index (χ0n) is 15.4. The number of rotatable bonds is 1. The van der Waals surface area contributed by atoms with E-state index in [0.29, 0.717) is 4.68 Å². The number of aromatic nitrogens is 2. The molecule has 0 saturated carbocycles. The van der Waals surface area contributed by atoms with Gasteiger partial charge < -0.3 is 0 Å². The molecule has 0 spiro atoms. The highest BCUT2D eigenvalue weighted by molar-refractivity contribution is 5.30. The molecule has 13 heavy (non-hydrogen) atoms. The maximum Gasteiger partial charge on any atom is 0.271 e. The Morgan fingerprint density at radius 3 is 2.85 bits per heavy atom. The van der Waals surface area contributed by atoms with Crippen molar-refractivity contribution >= 4 is 0 Å². The molecule has 0 atom stereocenters. The Bertz CT molecular complexity index is 788. The fraction of sp³-hybridized carbons (Fsp3) is 0.100. The molecule has 3 heteroatoms. The van der Waals surface area contributed by atoms with Crippen LogP contribution in [0, 0.1) is 6.85 Å². The molecule has 1 N–H and O–H groups in total. The molecule has 2 aromatic rings. The lowest BCUT2D eigenvalue weighted by molar-refractivity contribution is 0.835. The van der Waals surface area contributed by atoms with Crippen LogP contribution in [0.4, 0.5) is 0 Å². The zero-order chi connectivity index (χ0) is 17.0. The highest BCUT2D eigenvalue weighted by atomic mass is 16.1. The summed E-state index contributed by atoms with van der Waals surface area (Å²) in [4.78, 5) is 12.0. The molecule has 0 fully saturated rings. The average Bonchev–Trinajstić information content (AvgIpc) is 2.72. The molecule has 1 heterocycles. The highest BCUT2D eigenvalue weighted by Crippen LogP contribution is 2.02. The van der Waals surface area contributed by atoms with Crippen molar-refractivity contribution < 1.29 is 12.3 Å². The van der Waals surface area contributed by atoms with Crippen molar-refractivity contribution in [1.29, 1.82) is 0 Å². The largest absolute Gasteiger partial charge is 0.295 e. The lowest BCUT2D eigenvalue weighted by Gasteiger charge is -1.99. The summed E-state index contributed by atoms with van der Waals surface area (Å²) in [6.07, 6.45) is 0. The topological polar surface area (TPSA) is 37.8 Å². The lowest BCUT2D eigenvalue weighted by atomic mass is 10.3. The number of nitrogens with one attached hydrogen (secondary N) is 1. The first-order chi connectivity index (χ1) is 9.98. The van der Waals surface area contributed by atoms with Gasteiger partial charge in [-0.05, 0) is 18.9 Å². The first kappa shape index (κ1) is 2.61. The maximum absolute atomic E-state index is 12.0. The molecule has 0 aliphatic heterocycles. The van der Waals surface area contributed by atoms with Gasteiger partial charge in [0, 0.05) is 15.8 Å². The molecule has 0 radical (unpaired) electrons. The van der Waals surface area contributed by atoms with Crippen LogP contribution in [0.3, 0.4) is 0 Å². The summed E-state index contributed by atoms with van der Waals surface area (Å²) < 4.78 is 67.8. The predicted molar refractivity (Wildman–Crippen MR) is 51.1 cm³/mol. The Hall–Kier alpha value is -1.77. The van der Waals surface area contributed by atoms with Crippen molar-refractivity contribution in [3.05, 3.63) is 52.3 Å². The number of benzene rings is 1. The minimum absolute atomic E-state index is 0.490. The summed E-state index contributed by atoms with van der Waals surface area (Å²) in [7, 11) is 0. The SMILES string of the molecule is [2H]c1c([2H])c([2H])c(-n2[nH]c(C([2H])([2H])[2H])c([2H])c2=O)c([2H])c1[2H]. The fourth-order valence-corrected chi connectivity index (χ4v) is 0.866. The molecule has 0 amide bonds. The van der Waals surface area contributed by atoms with E-state index in [2.05, 4.69) is 5.10 Å². The molecule has 0 aliphatic rings. The van der Waals surface area contributed by atoms with Crippen LogP contribution in [-0.4, -0.2) is 9.78 Å². The van der Waals surface area contributed by atoms with Crippen LogP contribution < -0.4 is 5.56 Å². The molecule has 0 bridgehead atoms. The Morgan fingerprint density at radius 2 is 2.23 bits per heavy atom. The Morgan fingerprint density at radius 1 is 1.46 bits per heavy atom. The molecule has 3 nitrogen and oxygen atoms in total. The Labute approximate surface area is 88.3 Å². The number of para-hydroxylation sites is 1. The molecule has 0 aliphatic carbocycles. The van der Waals surface area contributed by atoms with Crippen LogP contribution in [-0.2, 0) is 0 Å². The van der Waals surface area contributed by atoms with Crippen molar-refractivity contribution in [2.75, 3.05) is 0 Å². The van der Waals surface area contributed by atoms with Gasteiger partial charge in [-0.25, -0.2) is 4.68 Å². The minimum Gasteiger partial charge on any atom is -0.295 e. The third kappa shape index (κ3) is 1.40. The van der Waals surface area contributed by atoms with Crippen molar-refractivity contribution in [3.63, 3.8) is 0 Å². The second-order valence-corrected chi connectivity index (χ2v) is 2.23. The van der Waals surface area contributed by atoms with E-state index < -0.39 is 60.0 Å². The van der Waals surface area contributed by atoms with E-state index in [0.717, 1.165) is 0 Å². The number of H-pyrrole nitrogens is 1. The summed E-state index contributed by atoms with van der Waals surface area (Å²) in [5.74, 6) is 0. The third-order valence-corrected chi connectivity index (χ3v) is 1.37. The number of aromatic amines is 1. The third-order valence-electron chi connectivity index (χ3n) is 1.37. The van der Waals surface area contributed by atoms with Gasteiger partial charge in [-0.15, -0.1) is 0 Å².